The number of hydrogen-bond acceptors (Lipinski definition) is 11. The Bertz CT molecular complexity index is 552. The monoisotopic (exact) mass is 510 g/mol. The first kappa shape index (κ1) is 30.8. The second-order valence-electron chi connectivity index (χ2n) is 9.56. The van der Waals surface area contributed by atoms with Crippen LogP contribution in [-0.2, 0) is 18.9 Å². The summed E-state index contributed by atoms with van der Waals surface area (Å²) in [4.78, 5) is 0. The summed E-state index contributed by atoms with van der Waals surface area (Å²) in [5.41, 5.74) is 0. The average Bonchev–Trinajstić information content (AvgIpc) is 2.86. The van der Waals surface area contributed by atoms with Crippen molar-refractivity contribution < 1.29 is 54.7 Å². The highest BCUT2D eigenvalue weighted by molar-refractivity contribution is 4.93. The highest BCUT2D eigenvalue weighted by Crippen LogP contribution is 2.29. The third kappa shape index (κ3) is 9.11. The lowest BCUT2D eigenvalue weighted by Gasteiger charge is -2.45. The van der Waals surface area contributed by atoms with E-state index in [4.69, 9.17) is 18.9 Å². The molecule has 0 spiro atoms. The van der Waals surface area contributed by atoms with Crippen molar-refractivity contribution in [3.63, 3.8) is 0 Å². The Balaban J connectivity index is 1.84. The van der Waals surface area contributed by atoms with Crippen molar-refractivity contribution in [2.75, 3.05) is 19.8 Å². The summed E-state index contributed by atoms with van der Waals surface area (Å²) in [6, 6.07) is 0. The van der Waals surface area contributed by atoms with Gasteiger partial charge in [0.15, 0.2) is 12.6 Å². The van der Waals surface area contributed by atoms with Crippen LogP contribution in [0.4, 0.5) is 0 Å². The van der Waals surface area contributed by atoms with Crippen LogP contribution < -0.4 is 0 Å². The standard InChI is InChI=1S/C24H46O11/c1-2-3-4-5-6-7-8-9-10-11-12-32-24-22(20(30)18(28)16(14-26)34-24)35-23-21(31)19(29)17(27)15(13-25)33-23/h15-31H,2-14H2,1H3/t15-,16-,17-,18-,19+,20+,21-,22-,23+,24-/m1/s1. The van der Waals surface area contributed by atoms with Crippen molar-refractivity contribution in [3.8, 4) is 0 Å². The van der Waals surface area contributed by atoms with Crippen LogP contribution in [-0.4, -0.2) is 117 Å². The highest BCUT2D eigenvalue weighted by Gasteiger charge is 2.50. The predicted molar refractivity (Wildman–Crippen MR) is 124 cm³/mol. The van der Waals surface area contributed by atoms with Gasteiger partial charge in [-0.25, -0.2) is 0 Å². The molecule has 2 rings (SSSR count). The molecule has 10 atom stereocenters. The van der Waals surface area contributed by atoms with E-state index in [0.717, 1.165) is 25.7 Å². The van der Waals surface area contributed by atoms with Crippen molar-refractivity contribution in [1.29, 1.82) is 0 Å². The van der Waals surface area contributed by atoms with Gasteiger partial charge in [-0.3, -0.25) is 0 Å². The summed E-state index contributed by atoms with van der Waals surface area (Å²) < 4.78 is 22.3. The highest BCUT2D eigenvalue weighted by atomic mass is 16.8. The molecule has 0 unspecified atom stereocenters. The third-order valence-electron chi connectivity index (χ3n) is 6.74. The van der Waals surface area contributed by atoms with E-state index in [1.54, 1.807) is 0 Å². The molecule has 11 nitrogen and oxygen atoms in total. The van der Waals surface area contributed by atoms with Crippen LogP contribution in [0.1, 0.15) is 71.1 Å². The van der Waals surface area contributed by atoms with Gasteiger partial charge >= 0.3 is 0 Å². The number of hydrogen-bond donors (Lipinski definition) is 7. The van der Waals surface area contributed by atoms with E-state index in [1.165, 1.54) is 38.5 Å². The van der Waals surface area contributed by atoms with Crippen molar-refractivity contribution in [2.24, 2.45) is 0 Å². The molecule has 0 saturated carbocycles. The van der Waals surface area contributed by atoms with E-state index in [0.29, 0.717) is 0 Å². The number of aliphatic hydroxyl groups excluding tert-OH is 7. The fraction of sp³-hybridized carbons (Fsp3) is 1.00. The van der Waals surface area contributed by atoms with Gasteiger partial charge < -0.3 is 54.7 Å². The van der Waals surface area contributed by atoms with Gasteiger partial charge in [-0.1, -0.05) is 64.7 Å². The maximum atomic E-state index is 10.6. The molecule has 0 aromatic rings. The second kappa shape index (κ2) is 16.4. The first-order valence-electron chi connectivity index (χ1n) is 13.1. The molecule has 0 aliphatic carbocycles. The van der Waals surface area contributed by atoms with E-state index < -0.39 is 74.6 Å². The molecule has 35 heavy (non-hydrogen) atoms. The largest absolute Gasteiger partial charge is 0.394 e. The summed E-state index contributed by atoms with van der Waals surface area (Å²) in [5, 5.41) is 69.9. The van der Waals surface area contributed by atoms with E-state index in [9.17, 15) is 35.7 Å². The van der Waals surface area contributed by atoms with E-state index in [2.05, 4.69) is 6.92 Å². The number of unbranched alkanes of at least 4 members (excludes halogenated alkanes) is 9. The van der Waals surface area contributed by atoms with Crippen molar-refractivity contribution in [2.45, 2.75) is 133 Å². The minimum atomic E-state index is -1.68. The summed E-state index contributed by atoms with van der Waals surface area (Å²) in [6.45, 7) is 1.30. The van der Waals surface area contributed by atoms with E-state index >= 15 is 0 Å². The predicted octanol–water partition coefficient (Wildman–Crippen LogP) is -0.452. The average molecular weight is 511 g/mol. The molecular weight excluding hydrogens is 464 g/mol. The SMILES string of the molecule is CCCCCCCCCCCCO[C@@H]1O[C@H](CO)[C@@H](O)[C@H](O)[C@H]1O[C@@H]1O[C@H](CO)[C@@H](O)[C@H](O)[C@H]1O. The molecule has 2 fully saturated rings. The van der Waals surface area contributed by atoms with Gasteiger partial charge in [0.2, 0.25) is 0 Å². The molecule has 2 saturated heterocycles. The molecule has 2 heterocycles. The Morgan fingerprint density at radius 1 is 0.571 bits per heavy atom. The van der Waals surface area contributed by atoms with Gasteiger partial charge in [-0.15, -0.1) is 0 Å². The molecule has 2 aliphatic heterocycles. The molecule has 0 bridgehead atoms. The zero-order chi connectivity index (χ0) is 25.8. The molecule has 0 amide bonds. The lowest BCUT2D eigenvalue weighted by atomic mass is 9.97. The van der Waals surface area contributed by atoms with Gasteiger partial charge in [0.05, 0.1) is 13.2 Å². The van der Waals surface area contributed by atoms with Crippen LogP contribution in [0.5, 0.6) is 0 Å². The van der Waals surface area contributed by atoms with E-state index in [1.807, 2.05) is 0 Å². The van der Waals surface area contributed by atoms with Crippen molar-refractivity contribution in [3.05, 3.63) is 0 Å². The normalized spacial score (nSPS) is 38.1. The summed E-state index contributed by atoms with van der Waals surface area (Å²) in [7, 11) is 0. The molecule has 11 heteroatoms. The summed E-state index contributed by atoms with van der Waals surface area (Å²) in [6.07, 6.45) is -2.75. The molecule has 0 aromatic carbocycles. The lowest BCUT2D eigenvalue weighted by molar-refractivity contribution is -0.367. The van der Waals surface area contributed by atoms with Crippen LogP contribution in [0.25, 0.3) is 0 Å². The molecule has 0 radical (unpaired) electrons. The Morgan fingerprint density at radius 2 is 1.06 bits per heavy atom. The number of ether oxygens (including phenoxy) is 4. The molecule has 0 aromatic heterocycles. The fourth-order valence-electron chi connectivity index (χ4n) is 4.46. The third-order valence-corrected chi connectivity index (χ3v) is 6.74. The zero-order valence-corrected chi connectivity index (χ0v) is 20.7. The summed E-state index contributed by atoms with van der Waals surface area (Å²) in [5.74, 6) is 0. The first-order valence-corrected chi connectivity index (χ1v) is 13.1. The molecule has 2 aliphatic rings. The van der Waals surface area contributed by atoms with Crippen LogP contribution in [0.15, 0.2) is 0 Å². The Hall–Kier alpha value is -0.440. The Morgan fingerprint density at radius 3 is 1.60 bits per heavy atom. The van der Waals surface area contributed by atoms with Crippen molar-refractivity contribution in [1.82, 2.24) is 0 Å². The van der Waals surface area contributed by atoms with Crippen LogP contribution in [0.2, 0.25) is 0 Å². The topological polar surface area (TPSA) is 179 Å². The lowest BCUT2D eigenvalue weighted by Crippen LogP contribution is -2.64. The number of aliphatic hydroxyl groups is 7. The Labute approximate surface area is 207 Å². The fourth-order valence-corrected chi connectivity index (χ4v) is 4.46. The van der Waals surface area contributed by atoms with Crippen LogP contribution in [0, 0.1) is 0 Å². The zero-order valence-electron chi connectivity index (χ0n) is 20.7. The van der Waals surface area contributed by atoms with Crippen molar-refractivity contribution >= 4 is 0 Å². The maximum absolute atomic E-state index is 10.6. The van der Waals surface area contributed by atoms with Crippen LogP contribution in [0.3, 0.4) is 0 Å². The number of rotatable bonds is 16. The second-order valence-corrected chi connectivity index (χ2v) is 9.56. The molecule has 208 valence electrons. The van der Waals surface area contributed by atoms with Crippen LogP contribution >= 0.6 is 0 Å². The minimum Gasteiger partial charge on any atom is -0.394 e. The first-order chi connectivity index (χ1) is 16.8. The van der Waals surface area contributed by atoms with Gasteiger partial charge in [-0.05, 0) is 6.42 Å². The summed E-state index contributed by atoms with van der Waals surface area (Å²) >= 11 is 0. The maximum Gasteiger partial charge on any atom is 0.187 e. The van der Waals surface area contributed by atoms with E-state index in [-0.39, 0.29) is 6.61 Å². The van der Waals surface area contributed by atoms with Gasteiger partial charge in [0, 0.05) is 6.61 Å². The smallest absolute Gasteiger partial charge is 0.187 e. The Kier molecular flexibility index (Phi) is 14.4. The quantitative estimate of drug-likeness (QED) is 0.134. The molecular formula is C24H46O11. The molecule has 7 N–H and O–H groups in total. The minimum absolute atomic E-state index is 0.288. The van der Waals surface area contributed by atoms with Gasteiger partial charge in [0.25, 0.3) is 0 Å². The van der Waals surface area contributed by atoms with Gasteiger partial charge in [0.1, 0.15) is 48.8 Å². The van der Waals surface area contributed by atoms with Gasteiger partial charge in [-0.2, -0.15) is 0 Å².